The first-order chi connectivity index (χ1) is 16.4. The van der Waals surface area contributed by atoms with E-state index in [1.54, 1.807) is 0 Å². The molecule has 2 amide bonds. The van der Waals surface area contributed by atoms with Crippen LogP contribution in [0.5, 0.6) is 0 Å². The third-order valence-corrected chi connectivity index (χ3v) is 6.25. The number of aliphatic carboxylic acids is 1. The second kappa shape index (κ2) is 12.2. The minimum Gasteiger partial charge on any atom is -0.481 e. The van der Waals surface area contributed by atoms with E-state index in [2.05, 4.69) is 34.9 Å². The first kappa shape index (κ1) is 25.3. The van der Waals surface area contributed by atoms with Crippen molar-refractivity contribution in [3.05, 3.63) is 59.7 Å². The van der Waals surface area contributed by atoms with Crippen molar-refractivity contribution < 1.29 is 24.2 Å². The molecule has 7 heteroatoms. The molecule has 0 spiro atoms. The third-order valence-electron chi connectivity index (χ3n) is 6.25. The molecule has 1 aliphatic rings. The molecule has 0 bridgehead atoms. The van der Waals surface area contributed by atoms with E-state index in [0.29, 0.717) is 13.0 Å². The van der Waals surface area contributed by atoms with Gasteiger partial charge in [-0.05, 0) is 41.0 Å². The third kappa shape index (κ3) is 6.83. The van der Waals surface area contributed by atoms with E-state index in [4.69, 9.17) is 9.84 Å². The Balaban J connectivity index is 1.47. The lowest BCUT2D eigenvalue weighted by Crippen LogP contribution is -2.43. The number of carbonyl (C=O) groups is 3. The summed E-state index contributed by atoms with van der Waals surface area (Å²) in [6.07, 6.45) is 1.86. The topological polar surface area (TPSA) is 105 Å². The summed E-state index contributed by atoms with van der Waals surface area (Å²) in [7, 11) is 0. The highest BCUT2D eigenvalue weighted by atomic mass is 16.5. The molecule has 182 valence electrons. The van der Waals surface area contributed by atoms with Gasteiger partial charge < -0.3 is 20.5 Å². The summed E-state index contributed by atoms with van der Waals surface area (Å²) in [5.41, 5.74) is 4.65. The Morgan fingerprint density at radius 1 is 0.941 bits per heavy atom. The molecule has 0 aliphatic heterocycles. The fraction of sp³-hybridized carbons (Fsp3) is 0.444. The van der Waals surface area contributed by atoms with Crippen LogP contribution in [0.2, 0.25) is 0 Å². The van der Waals surface area contributed by atoms with E-state index in [1.165, 1.54) is 11.1 Å². The first-order valence-corrected chi connectivity index (χ1v) is 12.0. The maximum absolute atomic E-state index is 12.6. The highest BCUT2D eigenvalue weighted by Gasteiger charge is 2.29. The zero-order valence-electron chi connectivity index (χ0n) is 19.9. The fourth-order valence-corrected chi connectivity index (χ4v) is 4.32. The Morgan fingerprint density at radius 3 is 2.15 bits per heavy atom. The van der Waals surface area contributed by atoms with Gasteiger partial charge in [0.2, 0.25) is 5.91 Å². The normalized spacial score (nSPS) is 13.1. The van der Waals surface area contributed by atoms with E-state index in [1.807, 2.05) is 38.1 Å². The molecular weight excluding hydrogens is 432 g/mol. The molecule has 7 nitrogen and oxygen atoms in total. The van der Waals surface area contributed by atoms with Crippen LogP contribution < -0.4 is 10.6 Å². The average Bonchev–Trinajstić information content (AvgIpc) is 3.13. The molecule has 34 heavy (non-hydrogen) atoms. The number of unbranched alkanes of at least 4 members (excludes halogenated alkanes) is 2. The van der Waals surface area contributed by atoms with Crippen molar-refractivity contribution in [1.29, 1.82) is 0 Å². The molecule has 2 aromatic rings. The summed E-state index contributed by atoms with van der Waals surface area (Å²) in [5, 5.41) is 14.4. The van der Waals surface area contributed by atoms with Gasteiger partial charge in [-0.3, -0.25) is 9.59 Å². The lowest BCUT2D eigenvalue weighted by atomic mass is 9.98. The van der Waals surface area contributed by atoms with Gasteiger partial charge in [0.05, 0.1) is 0 Å². The standard InChI is InChI=1S/C27H34N2O5/c1-18(2)24(16-25(30)28-15-9-3-4-14-26(31)32)29-27(33)34-17-23-21-12-7-5-10-19(21)20-11-6-8-13-22(20)23/h5-8,10-13,18,23-24H,3-4,9,14-17H2,1-2H3,(H,28,30)(H,29,33)(H,31,32)/t24-/m1/s1. The second-order valence-electron chi connectivity index (χ2n) is 9.08. The smallest absolute Gasteiger partial charge is 0.407 e. The number of carboxylic acids is 1. The number of carbonyl (C=O) groups excluding carboxylic acids is 2. The summed E-state index contributed by atoms with van der Waals surface area (Å²) in [6, 6.07) is 16.0. The SMILES string of the molecule is CC(C)[C@@H](CC(=O)NCCCCCC(=O)O)NC(=O)OCC1c2ccccc2-c2ccccc21. The Labute approximate surface area is 200 Å². The first-order valence-electron chi connectivity index (χ1n) is 12.0. The minimum absolute atomic E-state index is 0.0138. The van der Waals surface area contributed by atoms with Crippen molar-refractivity contribution in [3.63, 3.8) is 0 Å². The second-order valence-corrected chi connectivity index (χ2v) is 9.08. The molecule has 0 radical (unpaired) electrons. The minimum atomic E-state index is -0.803. The number of fused-ring (bicyclic) bond motifs is 3. The molecule has 2 aromatic carbocycles. The Hall–Kier alpha value is -3.35. The summed E-state index contributed by atoms with van der Waals surface area (Å²) in [5.74, 6) is -0.902. The summed E-state index contributed by atoms with van der Waals surface area (Å²) in [6.45, 7) is 4.63. The van der Waals surface area contributed by atoms with E-state index in [-0.39, 0.29) is 43.2 Å². The monoisotopic (exact) mass is 466 g/mol. The maximum Gasteiger partial charge on any atom is 0.407 e. The van der Waals surface area contributed by atoms with Crippen LogP contribution in [0.25, 0.3) is 11.1 Å². The van der Waals surface area contributed by atoms with Crippen LogP contribution in [0.3, 0.4) is 0 Å². The Bertz CT molecular complexity index is 959. The van der Waals surface area contributed by atoms with Crippen molar-refractivity contribution in [3.8, 4) is 11.1 Å². The highest BCUT2D eigenvalue weighted by molar-refractivity contribution is 5.79. The van der Waals surface area contributed by atoms with Crippen molar-refractivity contribution in [2.75, 3.05) is 13.2 Å². The predicted octanol–water partition coefficient (Wildman–Crippen LogP) is 4.70. The van der Waals surface area contributed by atoms with Gasteiger partial charge in [0, 0.05) is 31.3 Å². The molecular formula is C27H34N2O5. The molecule has 3 N–H and O–H groups in total. The number of benzene rings is 2. The van der Waals surface area contributed by atoms with E-state index in [0.717, 1.165) is 24.0 Å². The van der Waals surface area contributed by atoms with Crippen LogP contribution in [0.4, 0.5) is 4.79 Å². The molecule has 1 aliphatic carbocycles. The summed E-state index contributed by atoms with van der Waals surface area (Å²) in [4.78, 5) is 35.4. The number of alkyl carbamates (subject to hydrolysis) is 1. The van der Waals surface area contributed by atoms with E-state index in [9.17, 15) is 14.4 Å². The van der Waals surface area contributed by atoms with Gasteiger partial charge >= 0.3 is 12.1 Å². The summed E-state index contributed by atoms with van der Waals surface area (Å²) < 4.78 is 5.62. The molecule has 0 saturated heterocycles. The fourth-order valence-electron chi connectivity index (χ4n) is 4.32. The van der Waals surface area contributed by atoms with Gasteiger partial charge in [-0.25, -0.2) is 4.79 Å². The van der Waals surface area contributed by atoms with Gasteiger partial charge in [0.1, 0.15) is 6.61 Å². The number of amides is 2. The van der Waals surface area contributed by atoms with Crippen LogP contribution in [-0.2, 0) is 14.3 Å². The van der Waals surface area contributed by atoms with Crippen molar-refractivity contribution in [2.45, 2.75) is 57.9 Å². The zero-order valence-corrected chi connectivity index (χ0v) is 19.9. The number of ether oxygens (including phenoxy) is 1. The van der Waals surface area contributed by atoms with Crippen LogP contribution >= 0.6 is 0 Å². The molecule has 0 aromatic heterocycles. The molecule has 1 atom stereocenters. The number of hydrogen-bond donors (Lipinski definition) is 3. The quantitative estimate of drug-likeness (QED) is 0.393. The van der Waals surface area contributed by atoms with E-state index >= 15 is 0 Å². The zero-order chi connectivity index (χ0) is 24.5. The molecule has 0 saturated carbocycles. The van der Waals surface area contributed by atoms with Crippen LogP contribution in [0.15, 0.2) is 48.5 Å². The summed E-state index contributed by atoms with van der Waals surface area (Å²) >= 11 is 0. The molecule has 0 unspecified atom stereocenters. The van der Waals surface area contributed by atoms with Gasteiger partial charge in [0.15, 0.2) is 0 Å². The Kier molecular flexibility index (Phi) is 9.08. The largest absolute Gasteiger partial charge is 0.481 e. The van der Waals surface area contributed by atoms with Crippen molar-refractivity contribution >= 4 is 18.0 Å². The molecule has 0 fully saturated rings. The van der Waals surface area contributed by atoms with Gasteiger partial charge in [-0.15, -0.1) is 0 Å². The van der Waals surface area contributed by atoms with Crippen LogP contribution in [0, 0.1) is 5.92 Å². The number of carboxylic acid groups (broad SMARTS) is 1. The van der Waals surface area contributed by atoms with E-state index < -0.39 is 12.1 Å². The number of hydrogen-bond acceptors (Lipinski definition) is 4. The molecule has 0 heterocycles. The van der Waals surface area contributed by atoms with Gasteiger partial charge in [-0.1, -0.05) is 68.8 Å². The van der Waals surface area contributed by atoms with Gasteiger partial charge in [0.25, 0.3) is 0 Å². The Morgan fingerprint density at radius 2 is 1.56 bits per heavy atom. The lowest BCUT2D eigenvalue weighted by Gasteiger charge is -2.22. The number of nitrogens with one attached hydrogen (secondary N) is 2. The highest BCUT2D eigenvalue weighted by Crippen LogP contribution is 2.44. The number of rotatable bonds is 12. The average molecular weight is 467 g/mol. The van der Waals surface area contributed by atoms with Crippen LogP contribution in [-0.4, -0.2) is 42.3 Å². The van der Waals surface area contributed by atoms with Gasteiger partial charge in [-0.2, -0.15) is 0 Å². The lowest BCUT2D eigenvalue weighted by molar-refractivity contribution is -0.137. The predicted molar refractivity (Wildman–Crippen MR) is 131 cm³/mol. The molecule has 3 rings (SSSR count). The van der Waals surface area contributed by atoms with Crippen molar-refractivity contribution in [1.82, 2.24) is 10.6 Å². The van der Waals surface area contributed by atoms with Crippen LogP contribution in [0.1, 0.15) is 63.0 Å². The maximum atomic E-state index is 12.6. The van der Waals surface area contributed by atoms with Crippen molar-refractivity contribution in [2.24, 2.45) is 5.92 Å².